The standard InChI is InChI=1S/C27H26ClFN2O5/c1-27(2,26(33)34)16-10-17(28)12-18(11-16)30-25(32)21-9-8-19(13-22(21)29)35-15-20-14-31(3)23-6-4-5-7-24(23)36-20/h4-13,20H,14-15H2,1-3H3,(H,30,32)(H,33,34)/t20-/m0/s1. The molecule has 0 fully saturated rings. The van der Waals surface area contributed by atoms with Gasteiger partial charge in [-0.3, -0.25) is 9.59 Å². The Labute approximate surface area is 213 Å². The molecule has 1 aliphatic rings. The zero-order chi connectivity index (χ0) is 26.0. The fourth-order valence-corrected chi connectivity index (χ4v) is 4.12. The van der Waals surface area contributed by atoms with Crippen LogP contribution in [0.3, 0.4) is 0 Å². The fourth-order valence-electron chi connectivity index (χ4n) is 3.88. The van der Waals surface area contributed by atoms with Crippen molar-refractivity contribution in [2.75, 3.05) is 30.4 Å². The Hall–Kier alpha value is -3.78. The van der Waals surface area contributed by atoms with E-state index in [1.54, 1.807) is 0 Å². The van der Waals surface area contributed by atoms with E-state index in [0.29, 0.717) is 12.1 Å². The van der Waals surface area contributed by atoms with E-state index in [0.717, 1.165) is 17.5 Å². The van der Waals surface area contributed by atoms with Gasteiger partial charge in [0.2, 0.25) is 0 Å². The summed E-state index contributed by atoms with van der Waals surface area (Å²) in [6.07, 6.45) is -0.247. The summed E-state index contributed by atoms with van der Waals surface area (Å²) in [6.45, 7) is 3.87. The highest BCUT2D eigenvalue weighted by Gasteiger charge is 2.30. The van der Waals surface area contributed by atoms with E-state index in [1.165, 1.54) is 44.2 Å². The fraction of sp³-hybridized carbons (Fsp3) is 0.259. The third kappa shape index (κ3) is 5.39. The van der Waals surface area contributed by atoms with Gasteiger partial charge in [0.15, 0.2) is 0 Å². The molecule has 1 amide bonds. The predicted molar refractivity (Wildman–Crippen MR) is 136 cm³/mol. The first-order chi connectivity index (χ1) is 17.0. The molecule has 4 rings (SSSR count). The number of carbonyl (C=O) groups excluding carboxylic acids is 1. The lowest BCUT2D eigenvalue weighted by Crippen LogP contribution is -2.41. The van der Waals surface area contributed by atoms with Crippen LogP contribution >= 0.6 is 11.6 Å². The normalized spacial score (nSPS) is 15.0. The van der Waals surface area contributed by atoms with Crippen LogP contribution in [-0.2, 0) is 10.2 Å². The van der Waals surface area contributed by atoms with Crippen LogP contribution in [0.15, 0.2) is 60.7 Å². The first kappa shape index (κ1) is 25.3. The van der Waals surface area contributed by atoms with Gasteiger partial charge < -0.3 is 24.8 Å². The van der Waals surface area contributed by atoms with Gasteiger partial charge in [0, 0.05) is 23.8 Å². The summed E-state index contributed by atoms with van der Waals surface area (Å²) in [5.41, 5.74) is 0.237. The molecule has 0 spiro atoms. The third-order valence-electron chi connectivity index (χ3n) is 6.08. The first-order valence-electron chi connectivity index (χ1n) is 11.3. The highest BCUT2D eigenvalue weighted by Crippen LogP contribution is 2.32. The number of amides is 1. The van der Waals surface area contributed by atoms with E-state index >= 15 is 0 Å². The third-order valence-corrected chi connectivity index (χ3v) is 6.30. The van der Waals surface area contributed by atoms with Gasteiger partial charge >= 0.3 is 5.97 Å². The predicted octanol–water partition coefficient (Wildman–Crippen LogP) is 5.37. The van der Waals surface area contributed by atoms with E-state index in [4.69, 9.17) is 21.1 Å². The second-order valence-corrected chi connectivity index (χ2v) is 9.59. The van der Waals surface area contributed by atoms with E-state index < -0.39 is 23.1 Å². The molecule has 0 aliphatic carbocycles. The van der Waals surface area contributed by atoms with Crippen LogP contribution in [0.25, 0.3) is 0 Å². The number of aliphatic carboxylic acids is 1. The van der Waals surface area contributed by atoms with E-state index in [1.807, 2.05) is 31.3 Å². The molecule has 0 aromatic heterocycles. The molecule has 3 aromatic rings. The highest BCUT2D eigenvalue weighted by atomic mass is 35.5. The number of halogens is 2. The summed E-state index contributed by atoms with van der Waals surface area (Å²) in [4.78, 5) is 26.4. The smallest absolute Gasteiger partial charge is 0.313 e. The van der Waals surface area contributed by atoms with Crippen molar-refractivity contribution in [3.8, 4) is 11.5 Å². The molecule has 1 atom stereocenters. The number of hydrogen-bond donors (Lipinski definition) is 2. The maximum Gasteiger partial charge on any atom is 0.313 e. The Morgan fingerprint density at radius 1 is 1.19 bits per heavy atom. The lowest BCUT2D eigenvalue weighted by Gasteiger charge is -2.33. The topological polar surface area (TPSA) is 88.1 Å². The van der Waals surface area contributed by atoms with Gasteiger partial charge in [0.1, 0.15) is 30.0 Å². The molecule has 1 heterocycles. The number of likely N-dealkylation sites (N-methyl/N-ethyl adjacent to an activating group) is 1. The minimum atomic E-state index is -1.23. The Morgan fingerprint density at radius 3 is 2.67 bits per heavy atom. The maximum absolute atomic E-state index is 14.8. The average Bonchev–Trinajstić information content (AvgIpc) is 2.82. The van der Waals surface area contributed by atoms with Crippen LogP contribution in [0.5, 0.6) is 11.5 Å². The molecule has 7 nitrogen and oxygen atoms in total. The van der Waals surface area contributed by atoms with Gasteiger partial charge in [0.25, 0.3) is 5.91 Å². The van der Waals surface area contributed by atoms with Crippen LogP contribution in [0.1, 0.15) is 29.8 Å². The second-order valence-electron chi connectivity index (χ2n) is 9.15. The number of benzene rings is 3. The van der Waals surface area contributed by atoms with Crippen molar-refractivity contribution in [3.05, 3.63) is 82.6 Å². The molecule has 3 aromatic carbocycles. The van der Waals surface area contributed by atoms with Crippen LogP contribution in [0.2, 0.25) is 5.02 Å². The van der Waals surface area contributed by atoms with E-state index in [2.05, 4.69) is 10.2 Å². The van der Waals surface area contributed by atoms with Gasteiger partial charge in [-0.1, -0.05) is 23.7 Å². The summed E-state index contributed by atoms with van der Waals surface area (Å²) < 4.78 is 26.5. The summed E-state index contributed by atoms with van der Waals surface area (Å²) in [5.74, 6) is -1.48. The maximum atomic E-state index is 14.8. The lowest BCUT2D eigenvalue weighted by atomic mass is 9.84. The second kappa shape index (κ2) is 10.1. The molecule has 2 N–H and O–H groups in total. The minimum Gasteiger partial charge on any atom is -0.490 e. The molecule has 0 bridgehead atoms. The van der Waals surface area contributed by atoms with Crippen LogP contribution in [0.4, 0.5) is 15.8 Å². The Morgan fingerprint density at radius 2 is 1.94 bits per heavy atom. The summed E-state index contributed by atoms with van der Waals surface area (Å²) >= 11 is 6.13. The number of nitrogens with one attached hydrogen (secondary N) is 1. The van der Waals surface area contributed by atoms with Gasteiger partial charge in [-0.2, -0.15) is 0 Å². The molecule has 1 aliphatic heterocycles. The van der Waals surface area contributed by atoms with E-state index in [9.17, 15) is 19.1 Å². The number of rotatable bonds is 7. The van der Waals surface area contributed by atoms with Crippen molar-refractivity contribution in [2.24, 2.45) is 0 Å². The minimum absolute atomic E-state index is 0.191. The Kier molecular flexibility index (Phi) is 7.08. The molecule has 188 valence electrons. The van der Waals surface area contributed by atoms with Crippen molar-refractivity contribution in [3.63, 3.8) is 0 Å². The van der Waals surface area contributed by atoms with Gasteiger partial charge in [0.05, 0.1) is 23.2 Å². The number of nitrogens with zero attached hydrogens (tertiary/aromatic N) is 1. The van der Waals surface area contributed by atoms with Crippen molar-refractivity contribution in [2.45, 2.75) is 25.4 Å². The Balaban J connectivity index is 1.42. The number of ether oxygens (including phenoxy) is 2. The van der Waals surface area contributed by atoms with Crippen molar-refractivity contribution >= 4 is 34.9 Å². The average molecular weight is 513 g/mol. The number of carboxylic acids is 1. The number of carbonyl (C=O) groups is 2. The zero-order valence-corrected chi connectivity index (χ0v) is 20.8. The number of fused-ring (bicyclic) bond motifs is 1. The number of anilines is 2. The van der Waals surface area contributed by atoms with Crippen LogP contribution in [0, 0.1) is 5.82 Å². The summed E-state index contributed by atoms with van der Waals surface area (Å²) in [5, 5.41) is 12.3. The molecule has 9 heteroatoms. The summed E-state index contributed by atoms with van der Waals surface area (Å²) in [6, 6.07) is 16.2. The molecular weight excluding hydrogens is 487 g/mol. The van der Waals surface area contributed by atoms with Crippen molar-refractivity contribution in [1.29, 1.82) is 0 Å². The van der Waals surface area contributed by atoms with Crippen molar-refractivity contribution < 1.29 is 28.6 Å². The van der Waals surface area contributed by atoms with E-state index in [-0.39, 0.29) is 34.7 Å². The van der Waals surface area contributed by atoms with Crippen LogP contribution < -0.4 is 19.7 Å². The SMILES string of the molecule is CN1C[C@@H](COc2ccc(C(=O)Nc3cc(Cl)cc(C(C)(C)C(=O)O)c3)c(F)c2)Oc2ccccc21. The molecule has 0 saturated heterocycles. The van der Waals surface area contributed by atoms with Crippen molar-refractivity contribution in [1.82, 2.24) is 0 Å². The number of para-hydroxylation sites is 2. The van der Waals surface area contributed by atoms with Gasteiger partial charge in [-0.05, 0) is 61.9 Å². The number of hydrogen-bond acceptors (Lipinski definition) is 5. The zero-order valence-electron chi connectivity index (χ0n) is 20.0. The monoisotopic (exact) mass is 512 g/mol. The van der Waals surface area contributed by atoms with Gasteiger partial charge in [-0.25, -0.2) is 4.39 Å². The molecule has 36 heavy (non-hydrogen) atoms. The number of carboxylic acid groups (broad SMARTS) is 1. The summed E-state index contributed by atoms with van der Waals surface area (Å²) in [7, 11) is 1.97. The molecule has 0 unspecified atom stereocenters. The molecule has 0 saturated carbocycles. The first-order valence-corrected chi connectivity index (χ1v) is 11.7. The largest absolute Gasteiger partial charge is 0.490 e. The quantitative estimate of drug-likeness (QED) is 0.442. The lowest BCUT2D eigenvalue weighted by molar-refractivity contribution is -0.142. The van der Waals surface area contributed by atoms with Crippen LogP contribution in [-0.4, -0.2) is 43.3 Å². The molecular formula is C27H26ClFN2O5. The molecule has 0 radical (unpaired) electrons. The van der Waals surface area contributed by atoms with Gasteiger partial charge in [-0.15, -0.1) is 0 Å². The Bertz CT molecular complexity index is 1310. The highest BCUT2D eigenvalue weighted by molar-refractivity contribution is 6.31.